The van der Waals surface area contributed by atoms with Gasteiger partial charge in [-0.2, -0.15) is 0 Å². The Morgan fingerprint density at radius 1 is 1.16 bits per heavy atom. The summed E-state index contributed by atoms with van der Waals surface area (Å²) >= 11 is 6.66. The lowest BCUT2D eigenvalue weighted by atomic mass is 10.2. The van der Waals surface area contributed by atoms with Crippen LogP contribution in [0.25, 0.3) is 16.9 Å². The molecule has 19 heavy (non-hydrogen) atoms. The number of aryl methyl sites for hydroxylation is 1. The number of fused-ring (bicyclic) bond motifs is 1. The molecule has 0 atom stereocenters. The summed E-state index contributed by atoms with van der Waals surface area (Å²) in [5.74, 6) is -0.272. The first-order valence-corrected chi connectivity index (χ1v) is 7.23. The topological polar surface area (TPSA) is 17.3 Å². The van der Waals surface area contributed by atoms with Crippen LogP contribution >= 0.6 is 31.9 Å². The minimum Gasteiger partial charge on any atom is -0.305 e. The molecule has 0 fully saturated rings. The van der Waals surface area contributed by atoms with E-state index in [-0.39, 0.29) is 5.82 Å². The summed E-state index contributed by atoms with van der Waals surface area (Å²) in [6, 6.07) is 6.92. The lowest BCUT2D eigenvalue weighted by Gasteiger charge is -1.98. The van der Waals surface area contributed by atoms with E-state index in [0.29, 0.717) is 4.47 Å². The third kappa shape index (κ3) is 2.32. The predicted molar refractivity (Wildman–Crippen MR) is 80.7 cm³/mol. The monoisotopic (exact) mass is 382 g/mol. The van der Waals surface area contributed by atoms with Crippen LogP contribution in [0.4, 0.5) is 4.39 Å². The van der Waals surface area contributed by atoms with Gasteiger partial charge in [0.1, 0.15) is 11.5 Å². The first-order valence-electron chi connectivity index (χ1n) is 5.65. The average molecular weight is 384 g/mol. The van der Waals surface area contributed by atoms with Gasteiger partial charge in [-0.15, -0.1) is 0 Å². The molecular formula is C14H9Br2FN2. The zero-order valence-electron chi connectivity index (χ0n) is 9.99. The van der Waals surface area contributed by atoms with Gasteiger partial charge < -0.3 is 4.40 Å². The molecule has 0 saturated heterocycles. The highest BCUT2D eigenvalue weighted by atomic mass is 79.9. The zero-order valence-corrected chi connectivity index (χ0v) is 13.2. The Labute approximate surface area is 126 Å². The molecule has 0 radical (unpaired) electrons. The molecular weight excluding hydrogens is 375 g/mol. The molecule has 0 N–H and O–H groups in total. The number of halogens is 3. The van der Waals surface area contributed by atoms with Crippen molar-refractivity contribution < 1.29 is 4.39 Å². The van der Waals surface area contributed by atoms with Crippen molar-refractivity contribution in [1.29, 1.82) is 0 Å². The van der Waals surface area contributed by atoms with Gasteiger partial charge in [-0.05, 0) is 68.6 Å². The molecule has 0 spiro atoms. The van der Waals surface area contributed by atoms with Crippen LogP contribution < -0.4 is 0 Å². The van der Waals surface area contributed by atoms with Gasteiger partial charge in [-0.25, -0.2) is 9.37 Å². The Morgan fingerprint density at radius 2 is 1.95 bits per heavy atom. The van der Waals surface area contributed by atoms with E-state index in [1.165, 1.54) is 6.07 Å². The second kappa shape index (κ2) is 4.72. The molecule has 0 amide bonds. The van der Waals surface area contributed by atoms with E-state index < -0.39 is 0 Å². The second-order valence-electron chi connectivity index (χ2n) is 4.33. The van der Waals surface area contributed by atoms with Gasteiger partial charge in [0, 0.05) is 22.4 Å². The molecule has 96 valence electrons. The number of nitrogens with zero attached hydrogens (tertiary/aromatic N) is 2. The quantitative estimate of drug-likeness (QED) is 0.579. The molecule has 0 unspecified atom stereocenters. The van der Waals surface area contributed by atoms with Crippen LogP contribution in [0.15, 0.2) is 45.6 Å². The number of hydrogen-bond donors (Lipinski definition) is 0. The fourth-order valence-corrected chi connectivity index (χ4v) is 2.96. The summed E-state index contributed by atoms with van der Waals surface area (Å²) < 4.78 is 16.7. The first kappa shape index (κ1) is 12.8. The molecule has 0 aliphatic heterocycles. The Hall–Kier alpha value is -1.20. The largest absolute Gasteiger partial charge is 0.305 e. The molecule has 5 heteroatoms. The predicted octanol–water partition coefficient (Wildman–Crippen LogP) is 4.97. The van der Waals surface area contributed by atoms with Gasteiger partial charge in [-0.3, -0.25) is 0 Å². The maximum absolute atomic E-state index is 13.3. The summed E-state index contributed by atoms with van der Waals surface area (Å²) in [6.07, 6.45) is 3.89. The van der Waals surface area contributed by atoms with E-state index in [4.69, 9.17) is 0 Å². The molecule has 2 nitrogen and oxygen atoms in total. The number of rotatable bonds is 1. The Balaban J connectivity index is 2.20. The van der Waals surface area contributed by atoms with E-state index in [2.05, 4.69) is 36.8 Å². The number of benzene rings is 1. The van der Waals surface area contributed by atoms with Gasteiger partial charge in [0.15, 0.2) is 0 Å². The number of pyridine rings is 1. The molecule has 3 rings (SSSR count). The van der Waals surface area contributed by atoms with Gasteiger partial charge in [0.2, 0.25) is 0 Å². The standard InChI is InChI=1S/C14H9Br2FN2/c1-8-4-10(15)6-19-7-13(18-14(8)19)9-2-3-12(17)11(16)5-9/h2-7H,1H3. The molecule has 0 aliphatic carbocycles. The summed E-state index contributed by atoms with van der Waals surface area (Å²) in [6.45, 7) is 2.01. The van der Waals surface area contributed by atoms with Crippen molar-refractivity contribution in [2.45, 2.75) is 6.92 Å². The van der Waals surface area contributed by atoms with Crippen molar-refractivity contribution in [1.82, 2.24) is 9.38 Å². The fraction of sp³-hybridized carbons (Fsp3) is 0.0714. The fourth-order valence-electron chi connectivity index (χ4n) is 2.02. The van der Waals surface area contributed by atoms with Gasteiger partial charge >= 0.3 is 0 Å². The molecule has 0 aliphatic rings. The summed E-state index contributed by atoms with van der Waals surface area (Å²) in [5.41, 5.74) is 3.69. The zero-order chi connectivity index (χ0) is 13.6. The van der Waals surface area contributed by atoms with Crippen LogP contribution in [-0.2, 0) is 0 Å². The molecule has 0 bridgehead atoms. The van der Waals surface area contributed by atoms with Crippen LogP contribution in [0.5, 0.6) is 0 Å². The van der Waals surface area contributed by atoms with E-state index in [9.17, 15) is 4.39 Å². The highest BCUT2D eigenvalue weighted by Gasteiger charge is 2.09. The van der Waals surface area contributed by atoms with Gasteiger partial charge in [0.05, 0.1) is 10.2 Å². The van der Waals surface area contributed by atoms with Crippen LogP contribution in [0.3, 0.4) is 0 Å². The molecule has 2 heterocycles. The minimum atomic E-state index is -0.272. The minimum absolute atomic E-state index is 0.272. The number of aromatic nitrogens is 2. The Bertz CT molecular complexity index is 780. The SMILES string of the molecule is Cc1cc(Br)cn2cc(-c3ccc(F)c(Br)c3)nc12. The molecule has 3 aromatic rings. The van der Waals surface area contributed by atoms with Crippen LogP contribution in [0, 0.1) is 12.7 Å². The molecule has 1 aromatic carbocycles. The second-order valence-corrected chi connectivity index (χ2v) is 6.10. The first-order chi connectivity index (χ1) is 9.04. The maximum atomic E-state index is 13.3. The van der Waals surface area contributed by atoms with E-state index in [1.54, 1.807) is 12.1 Å². The van der Waals surface area contributed by atoms with Crippen molar-refractivity contribution in [3.8, 4) is 11.3 Å². The number of hydrogen-bond acceptors (Lipinski definition) is 1. The molecule has 2 aromatic heterocycles. The smallest absolute Gasteiger partial charge is 0.140 e. The van der Waals surface area contributed by atoms with Crippen molar-refractivity contribution in [2.24, 2.45) is 0 Å². The average Bonchev–Trinajstić information content (AvgIpc) is 2.76. The van der Waals surface area contributed by atoms with Crippen LogP contribution in [0.1, 0.15) is 5.56 Å². The molecule has 0 saturated carbocycles. The van der Waals surface area contributed by atoms with Crippen molar-refractivity contribution in [3.05, 3.63) is 57.0 Å². The van der Waals surface area contributed by atoms with Gasteiger partial charge in [0.25, 0.3) is 0 Å². The lowest BCUT2D eigenvalue weighted by molar-refractivity contribution is 0.621. The number of imidazole rings is 1. The summed E-state index contributed by atoms with van der Waals surface area (Å²) in [7, 11) is 0. The highest BCUT2D eigenvalue weighted by molar-refractivity contribution is 9.10. The Morgan fingerprint density at radius 3 is 2.68 bits per heavy atom. The van der Waals surface area contributed by atoms with E-state index in [1.807, 2.05) is 29.8 Å². The van der Waals surface area contributed by atoms with Crippen molar-refractivity contribution in [2.75, 3.05) is 0 Å². The summed E-state index contributed by atoms with van der Waals surface area (Å²) in [4.78, 5) is 4.59. The van der Waals surface area contributed by atoms with E-state index >= 15 is 0 Å². The van der Waals surface area contributed by atoms with Crippen LogP contribution in [0.2, 0.25) is 0 Å². The van der Waals surface area contributed by atoms with Crippen molar-refractivity contribution in [3.63, 3.8) is 0 Å². The highest BCUT2D eigenvalue weighted by Crippen LogP contribution is 2.26. The lowest BCUT2D eigenvalue weighted by Crippen LogP contribution is -1.86. The maximum Gasteiger partial charge on any atom is 0.140 e. The van der Waals surface area contributed by atoms with E-state index in [0.717, 1.165) is 26.9 Å². The Kier molecular flexibility index (Phi) is 3.19. The van der Waals surface area contributed by atoms with Crippen molar-refractivity contribution >= 4 is 37.5 Å². The third-order valence-electron chi connectivity index (χ3n) is 2.92. The van der Waals surface area contributed by atoms with Crippen LogP contribution in [-0.4, -0.2) is 9.38 Å². The third-order valence-corrected chi connectivity index (χ3v) is 3.96. The normalized spacial score (nSPS) is 11.2. The summed E-state index contributed by atoms with van der Waals surface area (Å²) in [5, 5.41) is 0. The van der Waals surface area contributed by atoms with Gasteiger partial charge in [-0.1, -0.05) is 0 Å².